The maximum atomic E-state index is 13.1. The summed E-state index contributed by atoms with van der Waals surface area (Å²) >= 11 is 0. The fourth-order valence-electron chi connectivity index (χ4n) is 4.13. The minimum Gasteiger partial charge on any atom is -0.496 e. The van der Waals surface area contributed by atoms with E-state index < -0.39 is 5.60 Å². The lowest BCUT2D eigenvalue weighted by atomic mass is 10.1. The summed E-state index contributed by atoms with van der Waals surface area (Å²) < 4.78 is 17.5. The van der Waals surface area contributed by atoms with Crippen LogP contribution in [0.2, 0.25) is 0 Å². The average molecular weight is 487 g/mol. The number of hydrogen-bond acceptors (Lipinski definition) is 4. The molecule has 0 radical (unpaired) electrons. The molecule has 4 aromatic rings. The van der Waals surface area contributed by atoms with Gasteiger partial charge in [0.05, 0.1) is 13.7 Å². The highest BCUT2D eigenvalue weighted by atomic mass is 16.6. The Balaban J connectivity index is 1.55. The number of ether oxygens (including phenoxy) is 3. The third-order valence-corrected chi connectivity index (χ3v) is 5.84. The highest BCUT2D eigenvalue weighted by Crippen LogP contribution is 2.30. The first-order chi connectivity index (χ1) is 17.3. The highest BCUT2D eigenvalue weighted by molar-refractivity contribution is 5.89. The van der Waals surface area contributed by atoms with E-state index in [4.69, 9.17) is 14.2 Å². The Kier molecular flexibility index (Phi) is 7.84. The Labute approximate surface area is 212 Å². The van der Waals surface area contributed by atoms with Gasteiger partial charge in [-0.25, -0.2) is 4.79 Å². The van der Waals surface area contributed by atoms with Gasteiger partial charge in [-0.1, -0.05) is 54.6 Å². The third-order valence-electron chi connectivity index (χ3n) is 5.84. The summed E-state index contributed by atoms with van der Waals surface area (Å²) in [5, 5.41) is 1.04. The molecule has 0 aliphatic heterocycles. The standard InChI is InChI=1S/C30H34N2O4/c1-30(2,3)36-29(33)32(20-24-13-8-9-15-26(24)34-4)18-17-23-19-31-25-14-10-16-27(28(23)25)35-21-22-11-6-5-7-12-22/h5-16,19,31H,17-18,20-21H2,1-4H3. The molecule has 1 heterocycles. The Hall–Kier alpha value is -3.93. The number of methoxy groups -OCH3 is 1. The van der Waals surface area contributed by atoms with Crippen molar-refractivity contribution in [2.45, 2.75) is 45.9 Å². The van der Waals surface area contributed by atoms with Gasteiger partial charge in [0.25, 0.3) is 0 Å². The number of carbonyl (C=O) groups excluding carboxylic acids is 1. The van der Waals surface area contributed by atoms with Gasteiger partial charge in [0.1, 0.15) is 23.7 Å². The molecule has 1 amide bonds. The van der Waals surface area contributed by atoms with Crippen molar-refractivity contribution in [1.82, 2.24) is 9.88 Å². The van der Waals surface area contributed by atoms with Crippen molar-refractivity contribution in [2.75, 3.05) is 13.7 Å². The third kappa shape index (κ3) is 6.39. The second-order valence-electron chi connectivity index (χ2n) is 9.73. The zero-order chi connectivity index (χ0) is 25.5. The van der Waals surface area contributed by atoms with Gasteiger partial charge >= 0.3 is 6.09 Å². The van der Waals surface area contributed by atoms with Crippen LogP contribution in [0.3, 0.4) is 0 Å². The molecule has 0 saturated heterocycles. The number of rotatable bonds is 9. The molecule has 6 nitrogen and oxygen atoms in total. The van der Waals surface area contributed by atoms with Crippen molar-refractivity contribution in [3.8, 4) is 11.5 Å². The van der Waals surface area contributed by atoms with E-state index in [2.05, 4.69) is 17.1 Å². The summed E-state index contributed by atoms with van der Waals surface area (Å²) in [7, 11) is 1.64. The van der Waals surface area contributed by atoms with Crippen LogP contribution < -0.4 is 9.47 Å². The molecule has 0 aliphatic rings. The Morgan fingerprint density at radius 2 is 1.61 bits per heavy atom. The molecular weight excluding hydrogens is 452 g/mol. The number of hydrogen-bond donors (Lipinski definition) is 1. The number of carbonyl (C=O) groups is 1. The van der Waals surface area contributed by atoms with Crippen LogP contribution in [0.15, 0.2) is 79.0 Å². The van der Waals surface area contributed by atoms with Crippen LogP contribution in [0.4, 0.5) is 4.79 Å². The molecule has 6 heteroatoms. The van der Waals surface area contributed by atoms with Crippen LogP contribution in [0.25, 0.3) is 10.9 Å². The summed E-state index contributed by atoms with van der Waals surface area (Å²) in [6, 6.07) is 23.9. The van der Waals surface area contributed by atoms with Gasteiger partial charge in [-0.15, -0.1) is 0 Å². The number of nitrogens with one attached hydrogen (secondary N) is 1. The van der Waals surface area contributed by atoms with E-state index in [0.717, 1.165) is 39.1 Å². The van der Waals surface area contributed by atoms with E-state index in [1.54, 1.807) is 12.0 Å². The molecule has 0 saturated carbocycles. The molecule has 0 spiro atoms. The van der Waals surface area contributed by atoms with Crippen LogP contribution in [-0.2, 0) is 24.3 Å². The molecule has 0 unspecified atom stereocenters. The summed E-state index contributed by atoms with van der Waals surface area (Å²) in [4.78, 5) is 18.2. The fraction of sp³-hybridized carbons (Fsp3) is 0.300. The maximum Gasteiger partial charge on any atom is 0.410 e. The van der Waals surface area contributed by atoms with Gasteiger partial charge in [-0.2, -0.15) is 0 Å². The van der Waals surface area contributed by atoms with Crippen LogP contribution in [0, 0.1) is 0 Å². The Morgan fingerprint density at radius 3 is 2.36 bits per heavy atom. The first-order valence-corrected chi connectivity index (χ1v) is 12.2. The molecular formula is C30H34N2O4. The van der Waals surface area contributed by atoms with E-state index in [0.29, 0.717) is 26.1 Å². The number of para-hydroxylation sites is 1. The normalized spacial score (nSPS) is 11.3. The second-order valence-corrected chi connectivity index (χ2v) is 9.73. The van der Waals surface area contributed by atoms with Crippen molar-refractivity contribution >= 4 is 17.0 Å². The van der Waals surface area contributed by atoms with Gasteiger partial charge in [0.2, 0.25) is 0 Å². The van der Waals surface area contributed by atoms with Gasteiger partial charge in [-0.3, -0.25) is 0 Å². The summed E-state index contributed by atoms with van der Waals surface area (Å²) in [6.45, 7) is 6.99. The molecule has 0 fully saturated rings. The molecule has 1 N–H and O–H groups in total. The fourth-order valence-corrected chi connectivity index (χ4v) is 4.13. The number of benzene rings is 3. The predicted molar refractivity (Wildman–Crippen MR) is 142 cm³/mol. The van der Waals surface area contributed by atoms with Crippen molar-refractivity contribution in [3.05, 3.63) is 95.7 Å². The SMILES string of the molecule is COc1ccccc1CN(CCc1c[nH]c2cccc(OCc3ccccc3)c12)C(=O)OC(C)(C)C. The zero-order valence-corrected chi connectivity index (χ0v) is 21.4. The highest BCUT2D eigenvalue weighted by Gasteiger charge is 2.24. The largest absolute Gasteiger partial charge is 0.496 e. The van der Waals surface area contributed by atoms with E-state index in [1.807, 2.05) is 87.6 Å². The first-order valence-electron chi connectivity index (χ1n) is 12.2. The van der Waals surface area contributed by atoms with Crippen LogP contribution in [-0.4, -0.2) is 35.2 Å². The number of aromatic nitrogens is 1. The van der Waals surface area contributed by atoms with Crippen LogP contribution >= 0.6 is 0 Å². The lowest BCUT2D eigenvalue weighted by molar-refractivity contribution is 0.0235. The van der Waals surface area contributed by atoms with Gasteiger partial charge in [0.15, 0.2) is 0 Å². The average Bonchev–Trinajstić information content (AvgIpc) is 3.28. The smallest absolute Gasteiger partial charge is 0.410 e. The number of aromatic amines is 1. The lowest BCUT2D eigenvalue weighted by Gasteiger charge is -2.28. The number of amides is 1. The summed E-state index contributed by atoms with van der Waals surface area (Å²) in [6.07, 6.45) is 2.28. The molecule has 0 atom stereocenters. The van der Waals surface area contributed by atoms with E-state index in [-0.39, 0.29) is 6.09 Å². The molecule has 1 aromatic heterocycles. The quantitative estimate of drug-likeness (QED) is 0.285. The number of nitrogens with zero attached hydrogens (tertiary/aromatic N) is 1. The predicted octanol–water partition coefficient (Wildman–Crippen LogP) is 6.74. The lowest BCUT2D eigenvalue weighted by Crippen LogP contribution is -2.37. The molecule has 3 aromatic carbocycles. The number of H-pyrrole nitrogens is 1. The number of fused-ring (bicyclic) bond motifs is 1. The second kappa shape index (κ2) is 11.2. The monoisotopic (exact) mass is 486 g/mol. The minimum absolute atomic E-state index is 0.353. The molecule has 0 bridgehead atoms. The topological polar surface area (TPSA) is 63.8 Å². The molecule has 0 aliphatic carbocycles. The summed E-state index contributed by atoms with van der Waals surface area (Å²) in [5.74, 6) is 1.57. The minimum atomic E-state index is -0.588. The van der Waals surface area contributed by atoms with Crippen molar-refractivity contribution in [3.63, 3.8) is 0 Å². The first kappa shape index (κ1) is 25.2. The van der Waals surface area contributed by atoms with E-state index >= 15 is 0 Å². The Morgan fingerprint density at radius 1 is 0.889 bits per heavy atom. The van der Waals surface area contributed by atoms with Crippen molar-refractivity contribution in [2.24, 2.45) is 0 Å². The van der Waals surface area contributed by atoms with E-state index in [9.17, 15) is 4.79 Å². The molecule has 36 heavy (non-hydrogen) atoms. The van der Waals surface area contributed by atoms with Gasteiger partial charge in [-0.05, 0) is 56.5 Å². The van der Waals surface area contributed by atoms with Gasteiger partial charge in [0, 0.05) is 29.2 Å². The van der Waals surface area contributed by atoms with E-state index in [1.165, 1.54) is 0 Å². The molecule has 188 valence electrons. The van der Waals surface area contributed by atoms with Gasteiger partial charge < -0.3 is 24.1 Å². The van der Waals surface area contributed by atoms with Crippen LogP contribution in [0.5, 0.6) is 11.5 Å². The molecule has 4 rings (SSSR count). The maximum absolute atomic E-state index is 13.1. The van der Waals surface area contributed by atoms with Crippen LogP contribution in [0.1, 0.15) is 37.5 Å². The Bertz CT molecular complexity index is 1290. The zero-order valence-electron chi connectivity index (χ0n) is 21.4. The van der Waals surface area contributed by atoms with Crippen molar-refractivity contribution < 1.29 is 19.0 Å². The van der Waals surface area contributed by atoms with Crippen molar-refractivity contribution in [1.29, 1.82) is 0 Å². The summed E-state index contributed by atoms with van der Waals surface area (Å²) in [5.41, 5.74) is 3.54.